The van der Waals surface area contributed by atoms with E-state index in [9.17, 15) is 9.59 Å². The van der Waals surface area contributed by atoms with Crippen molar-refractivity contribution in [3.8, 4) is 0 Å². The number of hydrogen-bond donors (Lipinski definition) is 2. The Morgan fingerprint density at radius 2 is 1.56 bits per heavy atom. The van der Waals surface area contributed by atoms with Gasteiger partial charge in [0.2, 0.25) is 5.91 Å². The van der Waals surface area contributed by atoms with Crippen molar-refractivity contribution in [1.82, 2.24) is 15.5 Å². The summed E-state index contributed by atoms with van der Waals surface area (Å²) in [6, 6.07) is 0.420. The standard InChI is InChI=1S/C20H31N3O2/c24-18(16-2-1-5-23(12-16)19(25)21-17-3-4-17)22-20-9-13-6-14(10-20)8-15(7-13)11-20/h13-17H,1-12H2,(H,21,25)(H,22,24). The third-order valence-corrected chi connectivity index (χ3v) is 7.41. The highest BCUT2D eigenvalue weighted by Gasteiger charge is 2.52. The van der Waals surface area contributed by atoms with Gasteiger partial charge in [-0.1, -0.05) is 0 Å². The van der Waals surface area contributed by atoms with E-state index in [0.29, 0.717) is 12.6 Å². The average molecular weight is 345 g/mol. The van der Waals surface area contributed by atoms with E-state index in [-0.39, 0.29) is 23.4 Å². The molecule has 3 amide bonds. The van der Waals surface area contributed by atoms with Crippen molar-refractivity contribution < 1.29 is 9.59 Å². The minimum atomic E-state index is -0.0216. The van der Waals surface area contributed by atoms with Crippen LogP contribution in [0.25, 0.3) is 0 Å². The Hall–Kier alpha value is -1.26. The third kappa shape index (κ3) is 3.15. The normalized spacial score (nSPS) is 42.3. The molecule has 5 heteroatoms. The molecule has 1 saturated heterocycles. The van der Waals surface area contributed by atoms with E-state index in [0.717, 1.165) is 50.0 Å². The Kier molecular flexibility index (Phi) is 3.75. The van der Waals surface area contributed by atoms with Crippen LogP contribution >= 0.6 is 0 Å². The number of nitrogens with zero attached hydrogens (tertiary/aromatic N) is 1. The zero-order valence-electron chi connectivity index (χ0n) is 15.1. The van der Waals surface area contributed by atoms with Crippen LogP contribution in [0.2, 0.25) is 0 Å². The van der Waals surface area contributed by atoms with Crippen LogP contribution in [0, 0.1) is 23.7 Å². The van der Waals surface area contributed by atoms with Crippen LogP contribution in [0.1, 0.15) is 64.2 Å². The van der Waals surface area contributed by atoms with Gasteiger partial charge in [0.15, 0.2) is 0 Å². The smallest absolute Gasteiger partial charge is 0.317 e. The fourth-order valence-corrected chi connectivity index (χ4v) is 6.50. The first kappa shape index (κ1) is 16.0. The molecule has 5 nitrogen and oxygen atoms in total. The Balaban J connectivity index is 1.21. The van der Waals surface area contributed by atoms with Crippen LogP contribution in [0.4, 0.5) is 4.79 Å². The van der Waals surface area contributed by atoms with E-state index in [1.807, 2.05) is 4.90 Å². The van der Waals surface area contributed by atoms with Crippen molar-refractivity contribution in [2.75, 3.05) is 13.1 Å². The molecule has 138 valence electrons. The second-order valence-corrected chi connectivity index (χ2v) is 9.70. The van der Waals surface area contributed by atoms with Gasteiger partial charge in [0.1, 0.15) is 0 Å². The van der Waals surface area contributed by atoms with Crippen molar-refractivity contribution in [3.05, 3.63) is 0 Å². The van der Waals surface area contributed by atoms with Crippen LogP contribution in [-0.4, -0.2) is 41.5 Å². The molecule has 0 aromatic heterocycles. The second kappa shape index (κ2) is 5.88. The minimum Gasteiger partial charge on any atom is -0.350 e. The topological polar surface area (TPSA) is 61.4 Å². The highest BCUT2D eigenvalue weighted by atomic mass is 16.2. The second-order valence-electron chi connectivity index (χ2n) is 9.70. The molecule has 2 N–H and O–H groups in total. The zero-order chi connectivity index (χ0) is 17.0. The molecule has 5 aliphatic carbocycles. The van der Waals surface area contributed by atoms with Gasteiger partial charge < -0.3 is 15.5 Å². The first-order valence-electron chi connectivity index (χ1n) is 10.5. The summed E-state index contributed by atoms with van der Waals surface area (Å²) in [4.78, 5) is 27.2. The largest absolute Gasteiger partial charge is 0.350 e. The molecule has 5 saturated carbocycles. The summed E-state index contributed by atoms with van der Waals surface area (Å²) in [5.74, 6) is 2.73. The summed E-state index contributed by atoms with van der Waals surface area (Å²) in [6.45, 7) is 1.39. The SMILES string of the molecule is O=C(NC12CC3CC(CC(C3)C1)C2)C1CCCN(C(=O)NC2CC2)C1. The first-order chi connectivity index (χ1) is 12.1. The minimum absolute atomic E-state index is 0.0216. The van der Waals surface area contributed by atoms with E-state index in [1.54, 1.807) is 0 Å². The Morgan fingerprint density at radius 1 is 0.920 bits per heavy atom. The fraction of sp³-hybridized carbons (Fsp3) is 0.900. The van der Waals surface area contributed by atoms with E-state index in [2.05, 4.69) is 10.6 Å². The summed E-state index contributed by atoms with van der Waals surface area (Å²) in [6.07, 6.45) is 11.9. The van der Waals surface area contributed by atoms with Crippen molar-refractivity contribution in [2.24, 2.45) is 23.7 Å². The number of rotatable bonds is 3. The lowest BCUT2D eigenvalue weighted by Gasteiger charge is -2.57. The molecule has 6 rings (SSSR count). The maximum absolute atomic E-state index is 13.0. The molecule has 4 bridgehead atoms. The summed E-state index contributed by atoms with van der Waals surface area (Å²) in [5, 5.41) is 6.57. The Labute approximate surface area is 150 Å². The van der Waals surface area contributed by atoms with Gasteiger partial charge in [-0.3, -0.25) is 4.79 Å². The lowest BCUT2D eigenvalue weighted by molar-refractivity contribution is -0.132. The molecule has 0 aromatic carbocycles. The molecule has 1 heterocycles. The summed E-state index contributed by atoms with van der Waals surface area (Å²) in [7, 11) is 0. The Morgan fingerprint density at radius 3 is 2.16 bits per heavy atom. The third-order valence-electron chi connectivity index (χ3n) is 7.41. The number of carbonyl (C=O) groups is 2. The van der Waals surface area contributed by atoms with E-state index < -0.39 is 0 Å². The van der Waals surface area contributed by atoms with Crippen molar-refractivity contribution >= 4 is 11.9 Å². The molecule has 6 fully saturated rings. The van der Waals surface area contributed by atoms with Crippen LogP contribution < -0.4 is 10.6 Å². The summed E-state index contributed by atoms with van der Waals surface area (Å²) < 4.78 is 0. The number of nitrogens with one attached hydrogen (secondary N) is 2. The van der Waals surface area contributed by atoms with Gasteiger partial charge in [0.05, 0.1) is 5.92 Å². The lowest BCUT2D eigenvalue weighted by atomic mass is 9.53. The molecule has 0 spiro atoms. The molecule has 1 aliphatic heterocycles. The summed E-state index contributed by atoms with van der Waals surface area (Å²) in [5.41, 5.74) is 0.0877. The average Bonchev–Trinajstić information content (AvgIpc) is 3.37. The first-order valence-corrected chi connectivity index (χ1v) is 10.5. The van der Waals surface area contributed by atoms with Crippen molar-refractivity contribution in [3.63, 3.8) is 0 Å². The van der Waals surface area contributed by atoms with E-state index >= 15 is 0 Å². The number of carbonyl (C=O) groups excluding carboxylic acids is 2. The molecule has 0 aromatic rings. The maximum Gasteiger partial charge on any atom is 0.317 e. The Bertz CT molecular complexity index is 536. The molecule has 6 aliphatic rings. The molecule has 1 atom stereocenters. The number of hydrogen-bond acceptors (Lipinski definition) is 2. The summed E-state index contributed by atoms with van der Waals surface area (Å²) >= 11 is 0. The van der Waals surface area contributed by atoms with E-state index in [1.165, 1.54) is 38.5 Å². The lowest BCUT2D eigenvalue weighted by Crippen LogP contribution is -2.61. The molecule has 25 heavy (non-hydrogen) atoms. The number of amides is 3. The number of urea groups is 1. The molecular formula is C20H31N3O2. The molecule has 0 radical (unpaired) electrons. The van der Waals surface area contributed by atoms with Gasteiger partial charge in [-0.25, -0.2) is 4.79 Å². The van der Waals surface area contributed by atoms with Gasteiger partial charge in [0, 0.05) is 24.7 Å². The van der Waals surface area contributed by atoms with Gasteiger partial charge in [-0.2, -0.15) is 0 Å². The quantitative estimate of drug-likeness (QED) is 0.826. The van der Waals surface area contributed by atoms with Crippen LogP contribution in [0.5, 0.6) is 0 Å². The van der Waals surface area contributed by atoms with Gasteiger partial charge in [0.25, 0.3) is 0 Å². The number of piperidine rings is 1. The van der Waals surface area contributed by atoms with Crippen LogP contribution in [0.15, 0.2) is 0 Å². The maximum atomic E-state index is 13.0. The highest BCUT2D eigenvalue weighted by Crippen LogP contribution is 2.55. The predicted molar refractivity (Wildman–Crippen MR) is 94.9 cm³/mol. The van der Waals surface area contributed by atoms with Crippen LogP contribution in [-0.2, 0) is 4.79 Å². The van der Waals surface area contributed by atoms with Crippen LogP contribution in [0.3, 0.4) is 0 Å². The fourth-order valence-electron chi connectivity index (χ4n) is 6.50. The monoisotopic (exact) mass is 345 g/mol. The number of likely N-dealkylation sites (tertiary alicyclic amines) is 1. The predicted octanol–water partition coefficient (Wildman–Crippen LogP) is 2.66. The molecular weight excluding hydrogens is 314 g/mol. The van der Waals surface area contributed by atoms with Gasteiger partial charge in [-0.15, -0.1) is 0 Å². The zero-order valence-corrected chi connectivity index (χ0v) is 15.1. The van der Waals surface area contributed by atoms with Gasteiger partial charge >= 0.3 is 6.03 Å². The van der Waals surface area contributed by atoms with E-state index in [4.69, 9.17) is 0 Å². The van der Waals surface area contributed by atoms with Crippen molar-refractivity contribution in [2.45, 2.75) is 75.8 Å². The van der Waals surface area contributed by atoms with Gasteiger partial charge in [-0.05, 0) is 82.0 Å². The highest BCUT2D eigenvalue weighted by molar-refractivity contribution is 5.81. The van der Waals surface area contributed by atoms with Crippen molar-refractivity contribution in [1.29, 1.82) is 0 Å². The molecule has 1 unspecified atom stereocenters.